The molecule has 0 aromatic heterocycles. The Morgan fingerprint density at radius 1 is 0.815 bits per heavy atom. The number of fused-ring (bicyclic) bond motifs is 2. The molecule has 1 aliphatic heterocycles. The fourth-order valence-electron chi connectivity index (χ4n) is 3.86. The summed E-state index contributed by atoms with van der Waals surface area (Å²) in [5.41, 5.74) is 4.02. The van der Waals surface area contributed by atoms with Crippen molar-refractivity contribution in [1.82, 2.24) is 9.55 Å². The number of hydrogen-bond donors (Lipinski definition) is 0. The highest BCUT2D eigenvalue weighted by molar-refractivity contribution is 5.80. The molecule has 0 bridgehead atoms. The molecule has 0 N–H and O–H groups in total. The third kappa shape index (κ3) is 5.41. The molecule has 1 aromatic rings. The third-order valence-corrected chi connectivity index (χ3v) is 5.39. The van der Waals surface area contributed by atoms with Crippen LogP contribution in [0.5, 0.6) is 0 Å². The molecule has 3 heteroatoms. The summed E-state index contributed by atoms with van der Waals surface area (Å²) in [5, 5.41) is 0. The largest absolute Gasteiger partial charge is 0.338 e. The predicted octanol–water partition coefficient (Wildman–Crippen LogP) is 6.42. The zero-order chi connectivity index (χ0) is 18.9. The van der Waals surface area contributed by atoms with Crippen molar-refractivity contribution in [1.29, 1.82) is 0 Å². The second kappa shape index (κ2) is 10.2. The maximum absolute atomic E-state index is 11.9. The molecule has 0 atom stereocenters. The van der Waals surface area contributed by atoms with Crippen LogP contribution in [0.25, 0.3) is 22.4 Å². The first-order valence-corrected chi connectivity index (χ1v) is 10.7. The van der Waals surface area contributed by atoms with E-state index >= 15 is 0 Å². The summed E-state index contributed by atoms with van der Waals surface area (Å²) in [6, 6.07) is 13.4. The molecule has 1 aliphatic carbocycles. The lowest BCUT2D eigenvalue weighted by atomic mass is 10.1. The summed E-state index contributed by atoms with van der Waals surface area (Å²) in [5.74, 6) is 0. The van der Waals surface area contributed by atoms with Gasteiger partial charge < -0.3 is 4.57 Å². The molecule has 1 heterocycles. The lowest BCUT2D eigenvalue weighted by Gasteiger charge is -2.18. The minimum absolute atomic E-state index is 0.0522. The van der Waals surface area contributed by atoms with Crippen molar-refractivity contribution >= 4 is 11.0 Å². The number of unbranched alkanes of at least 4 members (excludes halogenated alkanes) is 9. The smallest absolute Gasteiger partial charge is 0.180 e. The van der Waals surface area contributed by atoms with Gasteiger partial charge in [0.15, 0.2) is 5.43 Å². The minimum atomic E-state index is 0.0522. The molecule has 144 valence electrons. The van der Waals surface area contributed by atoms with Crippen LogP contribution in [0.2, 0.25) is 0 Å². The summed E-state index contributed by atoms with van der Waals surface area (Å²) >= 11 is 0. The molecule has 0 saturated heterocycles. The number of para-hydroxylation sites is 2. The van der Waals surface area contributed by atoms with Crippen LogP contribution in [-0.2, 0) is 6.54 Å². The summed E-state index contributed by atoms with van der Waals surface area (Å²) in [7, 11) is 0. The Morgan fingerprint density at radius 3 is 2.22 bits per heavy atom. The van der Waals surface area contributed by atoms with Crippen molar-refractivity contribution in [2.75, 3.05) is 0 Å². The highest BCUT2D eigenvalue weighted by atomic mass is 16.1. The van der Waals surface area contributed by atoms with E-state index in [0.717, 1.165) is 35.4 Å². The Balaban J connectivity index is 1.56. The number of hydrogen-bond acceptors (Lipinski definition) is 2. The molecule has 0 amide bonds. The maximum Gasteiger partial charge on any atom is 0.180 e. The first-order valence-electron chi connectivity index (χ1n) is 10.7. The molecular formula is C24H32N2O. The molecule has 0 saturated carbocycles. The fraction of sp³-hybridized carbons (Fsp3) is 0.500. The summed E-state index contributed by atoms with van der Waals surface area (Å²) in [4.78, 5) is 16.6. The van der Waals surface area contributed by atoms with E-state index < -0.39 is 0 Å². The molecule has 2 aliphatic rings. The van der Waals surface area contributed by atoms with Crippen LogP contribution in [0, 0.1) is 0 Å². The lowest BCUT2D eigenvalue weighted by molar-refractivity contribution is 0.538. The van der Waals surface area contributed by atoms with Gasteiger partial charge in [-0.15, -0.1) is 0 Å². The highest BCUT2D eigenvalue weighted by Crippen LogP contribution is 2.24. The van der Waals surface area contributed by atoms with Gasteiger partial charge in [-0.3, -0.25) is 4.79 Å². The minimum Gasteiger partial charge on any atom is -0.338 e. The van der Waals surface area contributed by atoms with Gasteiger partial charge in [-0.05, 0) is 30.7 Å². The van der Waals surface area contributed by atoms with Crippen LogP contribution in [-0.4, -0.2) is 9.55 Å². The van der Waals surface area contributed by atoms with Gasteiger partial charge in [-0.25, -0.2) is 4.98 Å². The SMILES string of the molecule is CCCCCCCCCCCCn1c2cc(=O)ccc-2nc2ccccc21. The summed E-state index contributed by atoms with van der Waals surface area (Å²) in [6.45, 7) is 3.21. The standard InChI is InChI=1S/C24H32N2O/c1-2-3-4-5-6-7-8-9-10-13-18-26-23-15-12-11-14-21(23)25-22-17-16-20(27)19-24(22)26/h11-12,14-17,19H,2-10,13,18H2,1H3. The van der Waals surface area contributed by atoms with Gasteiger partial charge in [0, 0.05) is 12.6 Å². The molecule has 0 spiro atoms. The normalized spacial score (nSPS) is 11.4. The van der Waals surface area contributed by atoms with Crippen LogP contribution >= 0.6 is 0 Å². The fourth-order valence-corrected chi connectivity index (χ4v) is 3.86. The first kappa shape index (κ1) is 19.6. The van der Waals surface area contributed by atoms with Gasteiger partial charge in [0.05, 0.1) is 22.4 Å². The van der Waals surface area contributed by atoms with E-state index in [1.54, 1.807) is 12.1 Å². The zero-order valence-corrected chi connectivity index (χ0v) is 16.6. The van der Waals surface area contributed by atoms with Crippen LogP contribution < -0.4 is 5.43 Å². The van der Waals surface area contributed by atoms with Gasteiger partial charge in [0.2, 0.25) is 0 Å². The van der Waals surface area contributed by atoms with E-state index in [4.69, 9.17) is 4.98 Å². The van der Waals surface area contributed by atoms with Crippen molar-refractivity contribution < 1.29 is 0 Å². The van der Waals surface area contributed by atoms with E-state index in [0.29, 0.717) is 0 Å². The molecule has 0 radical (unpaired) electrons. The molecule has 27 heavy (non-hydrogen) atoms. The van der Waals surface area contributed by atoms with Gasteiger partial charge in [-0.2, -0.15) is 0 Å². The number of benzene rings is 2. The predicted molar refractivity (Wildman–Crippen MR) is 114 cm³/mol. The average molecular weight is 365 g/mol. The van der Waals surface area contributed by atoms with Gasteiger partial charge in [0.25, 0.3) is 0 Å². The molecule has 3 rings (SSSR count). The third-order valence-electron chi connectivity index (χ3n) is 5.39. The first-order chi connectivity index (χ1) is 13.3. The Hall–Kier alpha value is -2.16. The molecule has 0 unspecified atom stereocenters. The van der Waals surface area contributed by atoms with E-state index in [1.807, 2.05) is 18.2 Å². The Bertz CT molecular complexity index is 868. The zero-order valence-electron chi connectivity index (χ0n) is 16.6. The van der Waals surface area contributed by atoms with Crippen molar-refractivity contribution in [3.8, 4) is 11.4 Å². The van der Waals surface area contributed by atoms with Crippen molar-refractivity contribution in [3.63, 3.8) is 0 Å². The number of aromatic nitrogens is 2. The molecule has 0 fully saturated rings. The molecule has 3 nitrogen and oxygen atoms in total. The topological polar surface area (TPSA) is 34.9 Å². The monoisotopic (exact) mass is 364 g/mol. The van der Waals surface area contributed by atoms with Gasteiger partial charge >= 0.3 is 0 Å². The Morgan fingerprint density at radius 2 is 1.48 bits per heavy atom. The second-order valence-electron chi connectivity index (χ2n) is 7.58. The van der Waals surface area contributed by atoms with E-state index in [1.165, 1.54) is 57.8 Å². The lowest BCUT2D eigenvalue weighted by Crippen LogP contribution is -2.11. The van der Waals surface area contributed by atoms with Gasteiger partial charge in [0.1, 0.15) is 0 Å². The summed E-state index contributed by atoms with van der Waals surface area (Å²) in [6.07, 6.45) is 13.3. The average Bonchev–Trinajstić information content (AvgIpc) is 2.69. The van der Waals surface area contributed by atoms with E-state index in [2.05, 4.69) is 23.6 Å². The van der Waals surface area contributed by atoms with E-state index in [-0.39, 0.29) is 5.43 Å². The van der Waals surface area contributed by atoms with Crippen molar-refractivity contribution in [3.05, 3.63) is 52.7 Å². The molecular weight excluding hydrogens is 332 g/mol. The Labute approximate surface area is 162 Å². The second-order valence-corrected chi connectivity index (χ2v) is 7.58. The maximum atomic E-state index is 11.9. The number of aryl methyl sites for hydroxylation is 1. The van der Waals surface area contributed by atoms with Crippen molar-refractivity contribution in [2.45, 2.75) is 77.7 Å². The van der Waals surface area contributed by atoms with E-state index in [9.17, 15) is 4.79 Å². The van der Waals surface area contributed by atoms with Crippen LogP contribution in [0.3, 0.4) is 0 Å². The number of nitrogens with zero attached hydrogens (tertiary/aromatic N) is 2. The summed E-state index contributed by atoms with van der Waals surface area (Å²) < 4.78 is 2.28. The highest BCUT2D eigenvalue weighted by Gasteiger charge is 2.12. The molecule has 1 aromatic carbocycles. The Kier molecular flexibility index (Phi) is 7.44. The number of rotatable bonds is 11. The van der Waals surface area contributed by atoms with Crippen molar-refractivity contribution in [2.24, 2.45) is 0 Å². The van der Waals surface area contributed by atoms with Crippen LogP contribution in [0.4, 0.5) is 0 Å². The van der Waals surface area contributed by atoms with Crippen LogP contribution in [0.1, 0.15) is 71.1 Å². The van der Waals surface area contributed by atoms with Gasteiger partial charge in [-0.1, -0.05) is 76.8 Å². The quantitative estimate of drug-likeness (QED) is 0.290. The van der Waals surface area contributed by atoms with Crippen LogP contribution in [0.15, 0.2) is 47.3 Å².